The van der Waals surface area contributed by atoms with Crippen molar-refractivity contribution < 1.29 is 19.3 Å². The summed E-state index contributed by atoms with van der Waals surface area (Å²) in [6, 6.07) is 19.3. The molecule has 158 valence electrons. The molecule has 2 unspecified atom stereocenters. The number of ether oxygens (including phenoxy) is 3. The van der Waals surface area contributed by atoms with Crippen LogP contribution >= 0.6 is 0 Å². The lowest BCUT2D eigenvalue weighted by Crippen LogP contribution is -2.34. The maximum atomic E-state index is 10.5. The Morgan fingerprint density at radius 2 is 1.81 bits per heavy atom. The van der Waals surface area contributed by atoms with E-state index in [1.807, 2.05) is 60.5 Å². The molecule has 5 rings (SSSR count). The van der Waals surface area contributed by atoms with Crippen LogP contribution < -0.4 is 14.2 Å². The van der Waals surface area contributed by atoms with E-state index in [0.29, 0.717) is 17.9 Å². The van der Waals surface area contributed by atoms with Gasteiger partial charge in [0, 0.05) is 17.5 Å². The lowest BCUT2D eigenvalue weighted by Gasteiger charge is -2.38. The highest BCUT2D eigenvalue weighted by Crippen LogP contribution is 2.50. The third-order valence-electron chi connectivity index (χ3n) is 5.86. The lowest BCUT2D eigenvalue weighted by atomic mass is 9.95. The van der Waals surface area contributed by atoms with Crippen LogP contribution in [0.25, 0.3) is 0 Å². The average molecular weight is 416 g/mol. The van der Waals surface area contributed by atoms with E-state index in [-0.39, 0.29) is 11.8 Å². The number of fused-ring (bicyclic) bond motifs is 3. The van der Waals surface area contributed by atoms with Crippen molar-refractivity contribution in [3.63, 3.8) is 0 Å². The topological polar surface area (TPSA) is 63.5 Å². The Kier molecular flexibility index (Phi) is 4.70. The molecule has 0 aliphatic carbocycles. The predicted octanol–water partition coefficient (Wildman–Crippen LogP) is 4.96. The van der Waals surface area contributed by atoms with Crippen molar-refractivity contribution in [3.8, 4) is 23.0 Å². The zero-order chi connectivity index (χ0) is 21.5. The quantitative estimate of drug-likeness (QED) is 0.651. The Morgan fingerprint density at radius 3 is 2.61 bits per heavy atom. The first-order valence-electron chi connectivity index (χ1n) is 10.2. The van der Waals surface area contributed by atoms with Gasteiger partial charge in [-0.3, -0.25) is 0 Å². The minimum atomic E-state index is -0.491. The summed E-state index contributed by atoms with van der Waals surface area (Å²) in [4.78, 5) is 0. The minimum absolute atomic E-state index is 0.0132. The number of phenolic OH excluding ortho intramolecular Hbond substituents is 1. The second kappa shape index (κ2) is 7.54. The number of benzene rings is 3. The number of aromatic hydroxyl groups is 1. The zero-order valence-electron chi connectivity index (χ0n) is 17.7. The Balaban J connectivity index is 1.65. The van der Waals surface area contributed by atoms with Gasteiger partial charge in [-0.25, -0.2) is 5.01 Å². The number of rotatable bonds is 4. The monoisotopic (exact) mass is 416 g/mol. The van der Waals surface area contributed by atoms with E-state index in [4.69, 9.17) is 19.3 Å². The third kappa shape index (κ3) is 3.15. The van der Waals surface area contributed by atoms with Crippen molar-refractivity contribution in [1.29, 1.82) is 0 Å². The predicted molar refractivity (Wildman–Crippen MR) is 118 cm³/mol. The van der Waals surface area contributed by atoms with Gasteiger partial charge in [-0.1, -0.05) is 35.9 Å². The summed E-state index contributed by atoms with van der Waals surface area (Å²) in [6.07, 6.45) is 0.176. The molecule has 3 aromatic carbocycles. The summed E-state index contributed by atoms with van der Waals surface area (Å²) in [7, 11) is 3.24. The summed E-state index contributed by atoms with van der Waals surface area (Å²) in [5.74, 6) is 2.31. The van der Waals surface area contributed by atoms with Crippen LogP contribution in [0, 0.1) is 6.92 Å². The number of methoxy groups -OCH3 is 2. The van der Waals surface area contributed by atoms with Crippen LogP contribution in [0.4, 0.5) is 0 Å². The second-order valence-electron chi connectivity index (χ2n) is 7.76. The molecule has 1 N–H and O–H groups in total. The normalized spacial score (nSPS) is 19.2. The fourth-order valence-corrected chi connectivity index (χ4v) is 4.39. The van der Waals surface area contributed by atoms with Gasteiger partial charge in [0.2, 0.25) is 6.23 Å². The first-order valence-corrected chi connectivity index (χ1v) is 10.2. The molecule has 6 nitrogen and oxygen atoms in total. The molecule has 0 radical (unpaired) electrons. The Morgan fingerprint density at radius 1 is 1.00 bits per heavy atom. The van der Waals surface area contributed by atoms with Gasteiger partial charge in [-0.2, -0.15) is 5.10 Å². The molecular formula is C25H24N2O4. The fraction of sp³-hybridized carbons (Fsp3) is 0.240. The van der Waals surface area contributed by atoms with E-state index < -0.39 is 6.23 Å². The molecule has 6 heteroatoms. The first kappa shape index (κ1) is 19.3. The molecule has 2 aliphatic heterocycles. The van der Waals surface area contributed by atoms with Crippen molar-refractivity contribution in [2.45, 2.75) is 25.6 Å². The number of aryl methyl sites for hydroxylation is 1. The number of hydrazone groups is 1. The number of para-hydroxylation sites is 2. The number of nitrogens with zero attached hydrogens (tertiary/aromatic N) is 2. The molecule has 0 fully saturated rings. The third-order valence-corrected chi connectivity index (χ3v) is 5.86. The fourth-order valence-electron chi connectivity index (χ4n) is 4.39. The zero-order valence-corrected chi connectivity index (χ0v) is 17.7. The molecule has 2 heterocycles. The van der Waals surface area contributed by atoms with Gasteiger partial charge in [-0.15, -0.1) is 0 Å². The highest BCUT2D eigenvalue weighted by Gasteiger charge is 2.42. The van der Waals surface area contributed by atoms with Crippen LogP contribution in [-0.4, -0.2) is 30.0 Å². The summed E-state index contributed by atoms with van der Waals surface area (Å²) >= 11 is 0. The minimum Gasteiger partial charge on any atom is -0.507 e. The summed E-state index contributed by atoms with van der Waals surface area (Å²) in [6.45, 7) is 2.01. The van der Waals surface area contributed by atoms with Gasteiger partial charge in [0.1, 0.15) is 11.5 Å². The smallest absolute Gasteiger partial charge is 0.217 e. The molecule has 0 bridgehead atoms. The average Bonchev–Trinajstić information content (AvgIpc) is 3.25. The maximum Gasteiger partial charge on any atom is 0.217 e. The number of hydrogen-bond donors (Lipinski definition) is 1. The summed E-state index contributed by atoms with van der Waals surface area (Å²) < 4.78 is 17.6. The van der Waals surface area contributed by atoms with E-state index in [1.165, 1.54) is 0 Å². The van der Waals surface area contributed by atoms with Crippen LogP contribution in [0.5, 0.6) is 23.0 Å². The van der Waals surface area contributed by atoms with Crippen molar-refractivity contribution in [2.75, 3.05) is 14.2 Å². The lowest BCUT2D eigenvalue weighted by molar-refractivity contribution is -0.0205. The summed E-state index contributed by atoms with van der Waals surface area (Å²) in [5, 5.41) is 17.4. The largest absolute Gasteiger partial charge is 0.507 e. The standard InChI is InChI=1S/C25H24N2O4/c1-15-11-12-21(28)18(13-15)19-14-20-16-7-4-5-9-22(16)31-25(27(20)26-19)17-8-6-10-23(29-2)24(17)30-3/h4-13,20,25,28H,14H2,1-3H3. The maximum absolute atomic E-state index is 10.5. The van der Waals surface area contributed by atoms with Crippen LogP contribution in [0.3, 0.4) is 0 Å². The Hall–Kier alpha value is -3.67. The Labute approximate surface area is 181 Å². The van der Waals surface area contributed by atoms with E-state index in [9.17, 15) is 5.11 Å². The van der Waals surface area contributed by atoms with Gasteiger partial charge in [0.25, 0.3) is 0 Å². The van der Waals surface area contributed by atoms with Crippen molar-refractivity contribution in [1.82, 2.24) is 5.01 Å². The van der Waals surface area contributed by atoms with Crippen molar-refractivity contribution in [3.05, 3.63) is 82.9 Å². The molecule has 2 aliphatic rings. The molecule has 2 atom stereocenters. The highest BCUT2D eigenvalue weighted by molar-refractivity contribution is 6.04. The summed E-state index contributed by atoms with van der Waals surface area (Å²) in [5.41, 5.74) is 4.57. The van der Waals surface area contributed by atoms with Gasteiger partial charge in [0.15, 0.2) is 11.5 Å². The van der Waals surface area contributed by atoms with E-state index in [0.717, 1.165) is 33.7 Å². The molecule has 0 aromatic heterocycles. The molecule has 31 heavy (non-hydrogen) atoms. The SMILES string of the molecule is COc1cccc(C2Oc3ccccc3C3CC(c4cc(C)ccc4O)=NN32)c1OC. The van der Waals surface area contributed by atoms with Crippen LogP contribution in [-0.2, 0) is 0 Å². The molecule has 0 saturated heterocycles. The van der Waals surface area contributed by atoms with E-state index in [2.05, 4.69) is 6.07 Å². The highest BCUT2D eigenvalue weighted by atomic mass is 16.5. The first-order chi connectivity index (χ1) is 15.1. The Bertz CT molecular complexity index is 1170. The van der Waals surface area contributed by atoms with Gasteiger partial charge in [-0.05, 0) is 37.3 Å². The van der Waals surface area contributed by atoms with E-state index in [1.54, 1.807) is 20.3 Å². The molecule has 0 spiro atoms. The van der Waals surface area contributed by atoms with Crippen LogP contribution in [0.1, 0.15) is 40.9 Å². The molecule has 0 saturated carbocycles. The van der Waals surface area contributed by atoms with Crippen LogP contribution in [0.2, 0.25) is 0 Å². The van der Waals surface area contributed by atoms with Crippen LogP contribution in [0.15, 0.2) is 65.8 Å². The van der Waals surface area contributed by atoms with E-state index >= 15 is 0 Å². The molecule has 3 aromatic rings. The van der Waals surface area contributed by atoms with Gasteiger partial charge in [0.05, 0.1) is 31.5 Å². The van der Waals surface area contributed by atoms with Crippen molar-refractivity contribution >= 4 is 5.71 Å². The van der Waals surface area contributed by atoms with Gasteiger partial charge < -0.3 is 19.3 Å². The molecular weight excluding hydrogens is 392 g/mol. The second-order valence-corrected chi connectivity index (χ2v) is 7.76. The molecule has 0 amide bonds. The number of hydrogen-bond acceptors (Lipinski definition) is 6. The van der Waals surface area contributed by atoms with Gasteiger partial charge >= 0.3 is 0 Å². The number of phenols is 1. The van der Waals surface area contributed by atoms with Crippen molar-refractivity contribution in [2.24, 2.45) is 5.10 Å².